The van der Waals surface area contributed by atoms with E-state index >= 15 is 0 Å². The zero-order valence-electron chi connectivity index (χ0n) is 13.1. The minimum Gasteiger partial charge on any atom is -0.493 e. The molecule has 0 amide bonds. The van der Waals surface area contributed by atoms with Gasteiger partial charge in [-0.25, -0.2) is 0 Å². The van der Waals surface area contributed by atoms with E-state index in [1.807, 2.05) is 6.20 Å². The molecule has 0 saturated heterocycles. The summed E-state index contributed by atoms with van der Waals surface area (Å²) in [5.74, 6) is 0.865. The molecule has 0 aliphatic heterocycles. The second-order valence-corrected chi connectivity index (χ2v) is 5.41. The summed E-state index contributed by atoms with van der Waals surface area (Å²) in [4.78, 5) is 2.18. The maximum absolute atomic E-state index is 5.48. The monoisotopic (exact) mass is 268 g/mol. The zero-order valence-corrected chi connectivity index (χ0v) is 13.1. The van der Waals surface area contributed by atoms with Crippen molar-refractivity contribution in [2.75, 3.05) is 34.3 Å². The second-order valence-electron chi connectivity index (χ2n) is 5.41. The summed E-state index contributed by atoms with van der Waals surface area (Å²) in [6.45, 7) is 8.38. The summed E-state index contributed by atoms with van der Waals surface area (Å²) >= 11 is 0. The van der Waals surface area contributed by atoms with Gasteiger partial charge in [0.25, 0.3) is 0 Å². The summed E-state index contributed by atoms with van der Waals surface area (Å²) in [5.41, 5.74) is 1.14. The van der Waals surface area contributed by atoms with E-state index in [1.165, 1.54) is 0 Å². The van der Waals surface area contributed by atoms with Crippen molar-refractivity contribution in [2.45, 2.75) is 39.3 Å². The van der Waals surface area contributed by atoms with E-state index in [0.29, 0.717) is 6.04 Å². The molecule has 5 nitrogen and oxygen atoms in total. The average Bonchev–Trinajstić information content (AvgIpc) is 2.77. The molecule has 0 aliphatic carbocycles. The van der Waals surface area contributed by atoms with Crippen LogP contribution in [0.3, 0.4) is 0 Å². The fourth-order valence-electron chi connectivity index (χ4n) is 2.19. The van der Waals surface area contributed by atoms with Crippen molar-refractivity contribution in [2.24, 2.45) is 0 Å². The first-order chi connectivity index (χ1) is 9.01. The van der Waals surface area contributed by atoms with E-state index in [0.717, 1.165) is 31.0 Å². The smallest absolute Gasteiger partial charge is 0.161 e. The Bertz CT molecular complexity index is 374. The topological polar surface area (TPSA) is 42.3 Å². The van der Waals surface area contributed by atoms with Crippen molar-refractivity contribution in [3.63, 3.8) is 0 Å². The first-order valence-corrected chi connectivity index (χ1v) is 7.00. The summed E-state index contributed by atoms with van der Waals surface area (Å²) < 4.78 is 7.53. The Morgan fingerprint density at radius 1 is 1.42 bits per heavy atom. The van der Waals surface area contributed by atoms with Gasteiger partial charge in [0.15, 0.2) is 5.75 Å². The third-order valence-electron chi connectivity index (χ3n) is 3.03. The molecular weight excluding hydrogens is 240 g/mol. The summed E-state index contributed by atoms with van der Waals surface area (Å²) in [6, 6.07) is 0.557. The van der Waals surface area contributed by atoms with Crippen molar-refractivity contribution >= 4 is 0 Å². The molecule has 0 aromatic carbocycles. The molecule has 0 bridgehead atoms. The summed E-state index contributed by atoms with van der Waals surface area (Å²) in [7, 11) is 5.88. The van der Waals surface area contributed by atoms with Gasteiger partial charge in [-0.1, -0.05) is 6.92 Å². The van der Waals surface area contributed by atoms with E-state index in [1.54, 1.807) is 7.11 Å². The minimum absolute atomic E-state index is 0.231. The molecule has 1 N–H and O–H groups in total. The standard InChI is InChI=1S/C14H28N4O/c1-7-8-15-12(10-17(4)5)14-13(19-6)9-16-18(14)11(2)3/h9,11-12,15H,7-8,10H2,1-6H3. The van der Waals surface area contributed by atoms with Crippen molar-refractivity contribution in [1.82, 2.24) is 20.0 Å². The molecule has 1 unspecified atom stereocenters. The number of aromatic nitrogens is 2. The molecule has 110 valence electrons. The number of hydrogen-bond donors (Lipinski definition) is 1. The van der Waals surface area contributed by atoms with E-state index in [4.69, 9.17) is 4.74 Å². The third-order valence-corrected chi connectivity index (χ3v) is 3.03. The molecule has 19 heavy (non-hydrogen) atoms. The van der Waals surface area contributed by atoms with Gasteiger partial charge in [0.1, 0.15) is 0 Å². The maximum atomic E-state index is 5.48. The molecule has 1 aromatic rings. The fraction of sp³-hybridized carbons (Fsp3) is 0.786. The molecule has 1 rings (SSSR count). The van der Waals surface area contributed by atoms with E-state index in [9.17, 15) is 0 Å². The van der Waals surface area contributed by atoms with Gasteiger partial charge in [-0.15, -0.1) is 0 Å². The highest BCUT2D eigenvalue weighted by molar-refractivity contribution is 5.29. The van der Waals surface area contributed by atoms with Crippen LogP contribution in [0.25, 0.3) is 0 Å². The van der Waals surface area contributed by atoms with Gasteiger partial charge in [0.05, 0.1) is 25.0 Å². The van der Waals surface area contributed by atoms with Crippen LogP contribution < -0.4 is 10.1 Å². The van der Waals surface area contributed by atoms with Crippen LogP contribution >= 0.6 is 0 Å². The van der Waals surface area contributed by atoms with Crippen LogP contribution in [0.15, 0.2) is 6.20 Å². The molecule has 0 saturated carbocycles. The van der Waals surface area contributed by atoms with Gasteiger partial charge in [0, 0.05) is 12.6 Å². The number of likely N-dealkylation sites (N-methyl/N-ethyl adjacent to an activating group) is 1. The number of methoxy groups -OCH3 is 1. The quantitative estimate of drug-likeness (QED) is 0.784. The van der Waals surface area contributed by atoms with E-state index in [-0.39, 0.29) is 6.04 Å². The Hall–Kier alpha value is -1.07. The van der Waals surface area contributed by atoms with Crippen LogP contribution in [-0.4, -0.2) is 49.0 Å². The van der Waals surface area contributed by atoms with Crippen molar-refractivity contribution in [1.29, 1.82) is 0 Å². The molecule has 0 aliphatic rings. The molecule has 5 heteroatoms. The number of nitrogens with one attached hydrogen (secondary N) is 1. The predicted octanol–water partition coefficient (Wildman–Crippen LogP) is 2.07. The first kappa shape index (κ1) is 16.0. The predicted molar refractivity (Wildman–Crippen MR) is 78.8 cm³/mol. The SMILES string of the molecule is CCCNC(CN(C)C)c1c(OC)cnn1C(C)C. The Balaban J connectivity index is 3.07. The highest BCUT2D eigenvalue weighted by Gasteiger charge is 2.23. The first-order valence-electron chi connectivity index (χ1n) is 7.00. The van der Waals surface area contributed by atoms with Crippen LogP contribution in [-0.2, 0) is 0 Å². The summed E-state index contributed by atoms with van der Waals surface area (Å²) in [6.07, 6.45) is 2.92. The van der Waals surface area contributed by atoms with Crippen LogP contribution in [0.2, 0.25) is 0 Å². The Morgan fingerprint density at radius 2 is 2.11 bits per heavy atom. The molecule has 0 radical (unpaired) electrons. The molecule has 0 fully saturated rings. The van der Waals surface area contributed by atoms with Gasteiger partial charge in [-0.05, 0) is 40.9 Å². The fourth-order valence-corrected chi connectivity index (χ4v) is 2.19. The van der Waals surface area contributed by atoms with Gasteiger partial charge in [0.2, 0.25) is 0 Å². The maximum Gasteiger partial charge on any atom is 0.161 e. The largest absolute Gasteiger partial charge is 0.493 e. The highest BCUT2D eigenvalue weighted by Crippen LogP contribution is 2.27. The Morgan fingerprint density at radius 3 is 2.58 bits per heavy atom. The normalized spacial score (nSPS) is 13.3. The van der Waals surface area contributed by atoms with Crippen LogP contribution in [0.1, 0.15) is 45.0 Å². The average molecular weight is 268 g/mol. The molecule has 1 atom stereocenters. The second kappa shape index (κ2) is 7.50. The molecule has 0 spiro atoms. The lowest BCUT2D eigenvalue weighted by atomic mass is 10.1. The van der Waals surface area contributed by atoms with Crippen molar-refractivity contribution in [3.8, 4) is 5.75 Å². The minimum atomic E-state index is 0.231. The van der Waals surface area contributed by atoms with Gasteiger partial charge in [-0.3, -0.25) is 4.68 Å². The van der Waals surface area contributed by atoms with Crippen molar-refractivity contribution in [3.05, 3.63) is 11.9 Å². The van der Waals surface area contributed by atoms with Crippen LogP contribution in [0, 0.1) is 0 Å². The molecule has 1 aromatic heterocycles. The molecular formula is C14H28N4O. The zero-order chi connectivity index (χ0) is 14.4. The van der Waals surface area contributed by atoms with E-state index in [2.05, 4.69) is 54.9 Å². The lowest BCUT2D eigenvalue weighted by Crippen LogP contribution is -2.33. The van der Waals surface area contributed by atoms with Crippen molar-refractivity contribution < 1.29 is 4.74 Å². The number of ether oxygens (including phenoxy) is 1. The number of hydrogen-bond acceptors (Lipinski definition) is 4. The highest BCUT2D eigenvalue weighted by atomic mass is 16.5. The van der Waals surface area contributed by atoms with E-state index < -0.39 is 0 Å². The third kappa shape index (κ3) is 4.21. The number of rotatable bonds is 8. The Kier molecular flexibility index (Phi) is 6.31. The van der Waals surface area contributed by atoms with Gasteiger partial charge in [-0.2, -0.15) is 5.10 Å². The summed E-state index contributed by atoms with van der Waals surface area (Å²) in [5, 5.41) is 8.05. The van der Waals surface area contributed by atoms with Crippen LogP contribution in [0.5, 0.6) is 5.75 Å². The van der Waals surface area contributed by atoms with Gasteiger partial charge < -0.3 is 15.0 Å². The Labute approximate surface area is 116 Å². The number of nitrogens with zero attached hydrogens (tertiary/aromatic N) is 3. The molecule has 1 heterocycles. The van der Waals surface area contributed by atoms with Gasteiger partial charge >= 0.3 is 0 Å². The van der Waals surface area contributed by atoms with Crippen LogP contribution in [0.4, 0.5) is 0 Å². The lowest BCUT2D eigenvalue weighted by molar-refractivity contribution is 0.314. The lowest BCUT2D eigenvalue weighted by Gasteiger charge is -2.25.